The van der Waals surface area contributed by atoms with E-state index in [1.165, 1.54) is 0 Å². The molecule has 1 aromatic heterocycles. The normalized spacial score (nSPS) is 11.6. The Hall–Kier alpha value is -1.79. The maximum absolute atomic E-state index is 12.3. The van der Waals surface area contributed by atoms with Gasteiger partial charge in [-0.05, 0) is 23.6 Å². The minimum Gasteiger partial charge on any atom is -0.326 e. The number of sulfonamides is 1. The minimum atomic E-state index is -3.81. The van der Waals surface area contributed by atoms with E-state index in [4.69, 9.17) is 11.6 Å². The molecule has 0 saturated carbocycles. The summed E-state index contributed by atoms with van der Waals surface area (Å²) < 4.78 is 27.2. The molecule has 2 aromatic rings. The van der Waals surface area contributed by atoms with Gasteiger partial charge in [-0.25, -0.2) is 8.42 Å². The summed E-state index contributed by atoms with van der Waals surface area (Å²) >= 11 is 5.67. The van der Waals surface area contributed by atoms with E-state index in [9.17, 15) is 13.2 Å². The van der Waals surface area contributed by atoms with E-state index in [-0.39, 0.29) is 15.8 Å². The molecule has 2 N–H and O–H groups in total. The molecule has 0 fully saturated rings. The van der Waals surface area contributed by atoms with Gasteiger partial charge in [0.25, 0.3) is 15.6 Å². The molecule has 0 bridgehead atoms. The highest BCUT2D eigenvalue weighted by Crippen LogP contribution is 2.26. The molecule has 2 rings (SSSR count). The summed E-state index contributed by atoms with van der Waals surface area (Å²) in [5, 5.41) is -0.171. The fraction of sp³-hybridized carbons (Fsp3) is 0.214. The van der Waals surface area contributed by atoms with Crippen molar-refractivity contribution in [1.82, 2.24) is 4.98 Å². The summed E-state index contributed by atoms with van der Waals surface area (Å²) in [6.45, 7) is 3.95. The van der Waals surface area contributed by atoms with E-state index in [0.29, 0.717) is 5.69 Å². The molecule has 0 spiro atoms. The molecule has 0 atom stereocenters. The van der Waals surface area contributed by atoms with Crippen LogP contribution in [0.2, 0.25) is 5.02 Å². The van der Waals surface area contributed by atoms with Gasteiger partial charge < -0.3 is 4.98 Å². The van der Waals surface area contributed by atoms with E-state index >= 15 is 0 Å². The van der Waals surface area contributed by atoms with E-state index in [2.05, 4.69) is 9.71 Å². The van der Waals surface area contributed by atoms with Gasteiger partial charge in [0, 0.05) is 6.20 Å². The highest BCUT2D eigenvalue weighted by Gasteiger charge is 2.18. The number of para-hydroxylation sites is 1. The van der Waals surface area contributed by atoms with Crippen molar-refractivity contribution in [3.8, 4) is 0 Å². The standard InChI is InChI=1S/C14H15ClN2O3S/c1-9(2)11-5-3-4-6-13(11)17-21(19,20)10-7-12(15)14(18)16-8-10/h3-9,17H,1-2H3,(H,16,18). The van der Waals surface area contributed by atoms with Crippen molar-refractivity contribution in [3.05, 3.63) is 57.5 Å². The molecule has 112 valence electrons. The number of anilines is 1. The number of nitrogens with one attached hydrogen (secondary N) is 2. The molecule has 0 radical (unpaired) electrons. The number of hydrogen-bond acceptors (Lipinski definition) is 3. The Morgan fingerprint density at radius 2 is 1.90 bits per heavy atom. The first-order valence-corrected chi connectivity index (χ1v) is 8.17. The second-order valence-corrected chi connectivity index (χ2v) is 6.95. The summed E-state index contributed by atoms with van der Waals surface area (Å²) in [6.07, 6.45) is 1.12. The van der Waals surface area contributed by atoms with Gasteiger partial charge in [-0.3, -0.25) is 9.52 Å². The number of rotatable bonds is 4. The SMILES string of the molecule is CC(C)c1ccccc1NS(=O)(=O)c1c[nH]c(=O)c(Cl)c1. The van der Waals surface area contributed by atoms with Crippen LogP contribution in [0.3, 0.4) is 0 Å². The van der Waals surface area contributed by atoms with E-state index in [1.807, 2.05) is 26.0 Å². The van der Waals surface area contributed by atoms with Gasteiger partial charge in [-0.1, -0.05) is 43.6 Å². The molecule has 21 heavy (non-hydrogen) atoms. The molecule has 0 aliphatic carbocycles. The molecule has 0 unspecified atom stereocenters. The van der Waals surface area contributed by atoms with E-state index in [1.54, 1.807) is 12.1 Å². The van der Waals surface area contributed by atoms with Crippen LogP contribution in [0.15, 0.2) is 46.2 Å². The molecule has 1 aromatic carbocycles. The lowest BCUT2D eigenvalue weighted by molar-refractivity contribution is 0.600. The van der Waals surface area contributed by atoms with Gasteiger partial charge in [0.05, 0.1) is 5.69 Å². The highest BCUT2D eigenvalue weighted by molar-refractivity contribution is 7.92. The van der Waals surface area contributed by atoms with E-state index < -0.39 is 15.6 Å². The van der Waals surface area contributed by atoms with Crippen LogP contribution in [-0.2, 0) is 10.0 Å². The monoisotopic (exact) mass is 326 g/mol. The Balaban J connectivity index is 2.42. The number of pyridine rings is 1. The number of H-pyrrole nitrogens is 1. The first-order valence-electron chi connectivity index (χ1n) is 6.31. The number of aromatic amines is 1. The zero-order valence-electron chi connectivity index (χ0n) is 11.6. The molecular formula is C14H15ClN2O3S. The van der Waals surface area contributed by atoms with Crippen molar-refractivity contribution in [1.29, 1.82) is 0 Å². The van der Waals surface area contributed by atoms with Gasteiger partial charge in [0.15, 0.2) is 0 Å². The lowest BCUT2D eigenvalue weighted by atomic mass is 10.0. The first kappa shape index (κ1) is 15.6. The van der Waals surface area contributed by atoms with Gasteiger partial charge in [0.2, 0.25) is 0 Å². The number of halogens is 1. The molecule has 0 saturated heterocycles. The van der Waals surface area contributed by atoms with Crippen LogP contribution in [0, 0.1) is 0 Å². The first-order chi connectivity index (χ1) is 9.81. The summed E-state index contributed by atoms with van der Waals surface area (Å²) in [7, 11) is -3.81. The predicted octanol–water partition coefficient (Wildman–Crippen LogP) is 2.95. The Bertz CT molecular complexity index is 813. The van der Waals surface area contributed by atoms with Crippen molar-refractivity contribution < 1.29 is 8.42 Å². The Kier molecular flexibility index (Phi) is 4.39. The third-order valence-electron chi connectivity index (χ3n) is 2.97. The molecule has 7 heteroatoms. The van der Waals surface area contributed by atoms with Crippen LogP contribution >= 0.6 is 11.6 Å². The summed E-state index contributed by atoms with van der Waals surface area (Å²) in [5.41, 5.74) is 0.865. The second-order valence-electron chi connectivity index (χ2n) is 4.86. The number of benzene rings is 1. The molecule has 0 amide bonds. The van der Waals surface area contributed by atoms with Crippen LogP contribution in [-0.4, -0.2) is 13.4 Å². The van der Waals surface area contributed by atoms with Gasteiger partial charge in [-0.15, -0.1) is 0 Å². The average molecular weight is 327 g/mol. The van der Waals surface area contributed by atoms with Crippen molar-refractivity contribution in [3.63, 3.8) is 0 Å². The summed E-state index contributed by atoms with van der Waals surface area (Å²) in [6, 6.07) is 8.29. The molecule has 0 aliphatic rings. The maximum atomic E-state index is 12.3. The van der Waals surface area contributed by atoms with Gasteiger partial charge in [-0.2, -0.15) is 0 Å². The summed E-state index contributed by atoms with van der Waals surface area (Å²) in [5.74, 6) is 0.170. The minimum absolute atomic E-state index is 0.0920. The topological polar surface area (TPSA) is 79.0 Å². The van der Waals surface area contributed by atoms with E-state index in [0.717, 1.165) is 17.8 Å². The number of hydrogen-bond donors (Lipinski definition) is 2. The fourth-order valence-corrected chi connectivity index (χ4v) is 3.21. The highest BCUT2D eigenvalue weighted by atomic mass is 35.5. The Morgan fingerprint density at radius 1 is 1.24 bits per heavy atom. The fourth-order valence-electron chi connectivity index (χ4n) is 1.89. The zero-order valence-corrected chi connectivity index (χ0v) is 13.1. The van der Waals surface area contributed by atoms with Crippen LogP contribution in [0.25, 0.3) is 0 Å². The lowest BCUT2D eigenvalue weighted by Crippen LogP contribution is -2.17. The Morgan fingerprint density at radius 3 is 2.52 bits per heavy atom. The smallest absolute Gasteiger partial charge is 0.266 e. The quantitative estimate of drug-likeness (QED) is 0.906. The molecular weight excluding hydrogens is 312 g/mol. The van der Waals surface area contributed by atoms with Crippen molar-refractivity contribution in [2.45, 2.75) is 24.7 Å². The number of aromatic nitrogens is 1. The Labute approximate surface area is 128 Å². The third-order valence-corrected chi connectivity index (χ3v) is 4.59. The predicted molar refractivity (Wildman–Crippen MR) is 83.4 cm³/mol. The van der Waals surface area contributed by atoms with Crippen LogP contribution in [0.4, 0.5) is 5.69 Å². The van der Waals surface area contributed by atoms with Crippen molar-refractivity contribution in [2.24, 2.45) is 0 Å². The largest absolute Gasteiger partial charge is 0.326 e. The molecule has 5 nitrogen and oxygen atoms in total. The third kappa shape index (κ3) is 3.46. The van der Waals surface area contributed by atoms with Crippen LogP contribution in [0.5, 0.6) is 0 Å². The molecule has 1 heterocycles. The van der Waals surface area contributed by atoms with Crippen LogP contribution < -0.4 is 10.3 Å². The van der Waals surface area contributed by atoms with Crippen LogP contribution in [0.1, 0.15) is 25.3 Å². The molecule has 0 aliphatic heterocycles. The zero-order chi connectivity index (χ0) is 15.6. The summed E-state index contributed by atoms with van der Waals surface area (Å²) in [4.78, 5) is 13.4. The van der Waals surface area contributed by atoms with Gasteiger partial charge >= 0.3 is 0 Å². The second kappa shape index (κ2) is 5.91. The van der Waals surface area contributed by atoms with Crippen molar-refractivity contribution >= 4 is 27.3 Å². The van der Waals surface area contributed by atoms with Gasteiger partial charge in [0.1, 0.15) is 9.92 Å². The lowest BCUT2D eigenvalue weighted by Gasteiger charge is -2.14. The maximum Gasteiger partial charge on any atom is 0.266 e. The van der Waals surface area contributed by atoms with Crippen molar-refractivity contribution in [2.75, 3.05) is 4.72 Å². The average Bonchev–Trinajstić information content (AvgIpc) is 2.41.